The first-order valence-corrected chi connectivity index (χ1v) is 5.50. The van der Waals surface area contributed by atoms with E-state index in [2.05, 4.69) is 20.3 Å². The summed E-state index contributed by atoms with van der Waals surface area (Å²) >= 11 is 11.5. The van der Waals surface area contributed by atoms with Crippen LogP contribution < -0.4 is 5.32 Å². The van der Waals surface area contributed by atoms with Crippen LogP contribution in [0, 0.1) is 0 Å². The molecular weight excluding hydrogens is 263 g/mol. The second-order valence-corrected chi connectivity index (χ2v) is 4.00. The van der Waals surface area contributed by atoms with Gasteiger partial charge in [-0.15, -0.1) is 0 Å². The summed E-state index contributed by atoms with van der Waals surface area (Å²) < 4.78 is 0. The third-order valence-corrected chi connectivity index (χ3v) is 2.55. The number of nitrogens with zero attached hydrogens (tertiary/aromatic N) is 2. The van der Waals surface area contributed by atoms with E-state index < -0.39 is 0 Å². The average Bonchev–Trinajstić information content (AvgIpc) is 2.82. The number of imidazole rings is 1. The second-order valence-electron chi connectivity index (χ2n) is 3.21. The first-order valence-electron chi connectivity index (χ1n) is 4.74. The molecule has 88 valence electrons. The van der Waals surface area contributed by atoms with Crippen molar-refractivity contribution in [2.45, 2.75) is 6.54 Å². The van der Waals surface area contributed by atoms with Crippen molar-refractivity contribution in [1.29, 1.82) is 0 Å². The number of carbonyl (C=O) groups excluding carboxylic acids is 1. The van der Waals surface area contributed by atoms with E-state index >= 15 is 0 Å². The van der Waals surface area contributed by atoms with Gasteiger partial charge in [0, 0.05) is 18.6 Å². The highest BCUT2D eigenvalue weighted by Crippen LogP contribution is 2.17. The molecule has 0 saturated heterocycles. The number of hydrogen-bond donors (Lipinski definition) is 2. The molecule has 0 aliphatic rings. The van der Waals surface area contributed by atoms with Gasteiger partial charge in [0.1, 0.15) is 11.0 Å². The summed E-state index contributed by atoms with van der Waals surface area (Å²) in [5.74, 6) is 0.338. The van der Waals surface area contributed by atoms with Crippen LogP contribution in [-0.2, 0) is 6.54 Å². The molecule has 0 aliphatic heterocycles. The van der Waals surface area contributed by atoms with Crippen molar-refractivity contribution >= 4 is 29.1 Å². The van der Waals surface area contributed by atoms with E-state index in [0.717, 1.165) is 0 Å². The Hall–Kier alpha value is -1.59. The van der Waals surface area contributed by atoms with E-state index in [9.17, 15) is 4.79 Å². The zero-order valence-electron chi connectivity index (χ0n) is 8.58. The molecule has 0 saturated carbocycles. The van der Waals surface area contributed by atoms with Gasteiger partial charge in [0.2, 0.25) is 0 Å². The molecule has 0 spiro atoms. The fourth-order valence-electron chi connectivity index (χ4n) is 1.24. The summed E-state index contributed by atoms with van der Waals surface area (Å²) in [6, 6.07) is 1.42. The zero-order chi connectivity index (χ0) is 12.3. The highest BCUT2D eigenvalue weighted by atomic mass is 35.5. The third kappa shape index (κ3) is 2.95. The molecule has 0 bridgehead atoms. The largest absolute Gasteiger partial charge is 0.347 e. The van der Waals surface area contributed by atoms with Gasteiger partial charge in [0.05, 0.1) is 17.1 Å². The van der Waals surface area contributed by atoms with E-state index in [1.54, 1.807) is 12.4 Å². The van der Waals surface area contributed by atoms with Crippen LogP contribution in [0.2, 0.25) is 10.2 Å². The number of halogens is 2. The minimum atomic E-state index is -0.323. The number of H-pyrrole nitrogens is 1. The van der Waals surface area contributed by atoms with Gasteiger partial charge in [-0.25, -0.2) is 9.97 Å². The molecule has 2 heterocycles. The number of amides is 1. The van der Waals surface area contributed by atoms with Gasteiger partial charge in [-0.2, -0.15) is 0 Å². The molecule has 0 unspecified atom stereocenters. The Bertz CT molecular complexity index is 527. The van der Waals surface area contributed by atoms with Crippen LogP contribution >= 0.6 is 23.2 Å². The number of pyridine rings is 1. The summed E-state index contributed by atoms with van der Waals surface area (Å²) in [6.07, 6.45) is 4.63. The average molecular weight is 271 g/mol. The molecule has 2 rings (SSSR count). The van der Waals surface area contributed by atoms with E-state index in [4.69, 9.17) is 23.2 Å². The molecule has 2 aromatic heterocycles. The minimum Gasteiger partial charge on any atom is -0.347 e. The molecule has 0 aliphatic carbocycles. The smallest absolute Gasteiger partial charge is 0.253 e. The summed E-state index contributed by atoms with van der Waals surface area (Å²) in [4.78, 5) is 22.4. The highest BCUT2D eigenvalue weighted by Gasteiger charge is 2.11. The Morgan fingerprint density at radius 2 is 2.24 bits per heavy atom. The molecule has 1 amide bonds. The lowest BCUT2D eigenvalue weighted by Crippen LogP contribution is -2.23. The van der Waals surface area contributed by atoms with Crippen molar-refractivity contribution in [3.63, 3.8) is 0 Å². The molecular formula is C10H8Cl2N4O. The predicted octanol–water partition coefficient (Wildman–Crippen LogP) is 2.04. The normalized spacial score (nSPS) is 10.2. The van der Waals surface area contributed by atoms with Gasteiger partial charge in [-0.05, 0) is 6.07 Å². The van der Waals surface area contributed by atoms with E-state index in [1.165, 1.54) is 12.3 Å². The summed E-state index contributed by atoms with van der Waals surface area (Å²) in [7, 11) is 0. The van der Waals surface area contributed by atoms with Crippen molar-refractivity contribution in [1.82, 2.24) is 20.3 Å². The van der Waals surface area contributed by atoms with E-state index in [-0.39, 0.29) is 16.1 Å². The Kier molecular flexibility index (Phi) is 3.61. The van der Waals surface area contributed by atoms with Crippen molar-refractivity contribution in [3.8, 4) is 0 Å². The molecule has 0 aromatic carbocycles. The predicted molar refractivity (Wildman–Crippen MR) is 64.0 cm³/mol. The second kappa shape index (κ2) is 5.16. The lowest BCUT2D eigenvalue weighted by atomic mass is 10.2. The van der Waals surface area contributed by atoms with Crippen LogP contribution in [0.3, 0.4) is 0 Å². The number of hydrogen-bond acceptors (Lipinski definition) is 3. The van der Waals surface area contributed by atoms with E-state index in [1.807, 2.05) is 0 Å². The maximum absolute atomic E-state index is 11.8. The van der Waals surface area contributed by atoms with Gasteiger partial charge in [-0.1, -0.05) is 23.2 Å². The van der Waals surface area contributed by atoms with E-state index in [0.29, 0.717) is 17.9 Å². The summed E-state index contributed by atoms with van der Waals surface area (Å²) in [5, 5.41) is 3.14. The number of carbonyl (C=O) groups is 1. The van der Waals surface area contributed by atoms with Gasteiger partial charge >= 0.3 is 0 Å². The van der Waals surface area contributed by atoms with Crippen LogP contribution in [0.5, 0.6) is 0 Å². The first kappa shape index (κ1) is 11.9. The summed E-state index contributed by atoms with van der Waals surface area (Å²) in [5.41, 5.74) is 0.290. The third-order valence-electron chi connectivity index (χ3n) is 2.04. The lowest BCUT2D eigenvalue weighted by Gasteiger charge is -2.05. The molecule has 17 heavy (non-hydrogen) atoms. The first-order chi connectivity index (χ1) is 8.16. The van der Waals surface area contributed by atoms with Crippen LogP contribution in [0.25, 0.3) is 0 Å². The minimum absolute atomic E-state index is 0.220. The maximum atomic E-state index is 11.8. The fraction of sp³-hybridized carbons (Fsp3) is 0.100. The summed E-state index contributed by atoms with van der Waals surface area (Å²) in [6.45, 7) is 0.294. The van der Waals surface area contributed by atoms with Crippen molar-refractivity contribution < 1.29 is 4.79 Å². The lowest BCUT2D eigenvalue weighted by molar-refractivity contribution is 0.0950. The molecule has 7 heteroatoms. The zero-order valence-corrected chi connectivity index (χ0v) is 10.1. The fourth-order valence-corrected chi connectivity index (χ4v) is 1.59. The molecule has 2 aromatic rings. The maximum Gasteiger partial charge on any atom is 0.253 e. The topological polar surface area (TPSA) is 70.7 Å². The molecule has 0 atom stereocenters. The van der Waals surface area contributed by atoms with Crippen LogP contribution in [0.1, 0.15) is 16.2 Å². The van der Waals surface area contributed by atoms with Crippen LogP contribution in [-0.4, -0.2) is 20.9 Å². The van der Waals surface area contributed by atoms with Crippen molar-refractivity contribution in [3.05, 3.63) is 46.2 Å². The number of rotatable bonds is 3. The van der Waals surface area contributed by atoms with Gasteiger partial charge in [-0.3, -0.25) is 4.79 Å². The Morgan fingerprint density at radius 1 is 1.41 bits per heavy atom. The van der Waals surface area contributed by atoms with Gasteiger partial charge in [0.15, 0.2) is 0 Å². The number of aromatic amines is 1. The number of nitrogens with one attached hydrogen (secondary N) is 2. The molecule has 0 fully saturated rings. The molecule has 0 radical (unpaired) electrons. The van der Waals surface area contributed by atoms with Crippen LogP contribution in [0.4, 0.5) is 0 Å². The monoisotopic (exact) mass is 270 g/mol. The Balaban J connectivity index is 2.07. The number of aromatic nitrogens is 3. The highest BCUT2D eigenvalue weighted by molar-refractivity contribution is 6.35. The molecule has 5 nitrogen and oxygen atoms in total. The van der Waals surface area contributed by atoms with Gasteiger partial charge < -0.3 is 10.3 Å². The Labute approximate surface area is 107 Å². The van der Waals surface area contributed by atoms with Gasteiger partial charge in [0.25, 0.3) is 5.91 Å². The quantitative estimate of drug-likeness (QED) is 0.839. The van der Waals surface area contributed by atoms with Crippen molar-refractivity contribution in [2.24, 2.45) is 0 Å². The van der Waals surface area contributed by atoms with Crippen molar-refractivity contribution in [2.75, 3.05) is 0 Å². The standard InChI is InChI=1S/C10H8Cl2N4O/c11-7-4-15-8(12)3-6(7)10(17)16-5-9-13-1-2-14-9/h1-4H,5H2,(H,13,14)(H,16,17). The molecule has 2 N–H and O–H groups in total. The van der Waals surface area contributed by atoms with Crippen LogP contribution in [0.15, 0.2) is 24.7 Å². The SMILES string of the molecule is O=C(NCc1ncc[nH]1)c1cc(Cl)ncc1Cl. The Morgan fingerprint density at radius 3 is 2.94 bits per heavy atom.